The molecule has 4 rings (SSSR count). The van der Waals surface area contributed by atoms with Crippen LogP contribution in [0.15, 0.2) is 91.3 Å². The number of halogens is 9. The van der Waals surface area contributed by atoms with Gasteiger partial charge in [-0.05, 0) is 52.9 Å². The Kier molecular flexibility index (Phi) is 8.60. The molecule has 0 amide bonds. The summed E-state index contributed by atoms with van der Waals surface area (Å²) in [6, 6.07) is 14.0. The van der Waals surface area contributed by atoms with Gasteiger partial charge in [-0.1, -0.05) is 54.6 Å². The monoisotopic (exact) mass is 578 g/mol. The van der Waals surface area contributed by atoms with Crippen LogP contribution in [0.3, 0.4) is 0 Å². The van der Waals surface area contributed by atoms with Crippen LogP contribution >= 0.6 is 0 Å². The van der Waals surface area contributed by atoms with Gasteiger partial charge in [0.15, 0.2) is 17.5 Å². The molecule has 0 heterocycles. The molecule has 4 aromatic rings. The van der Waals surface area contributed by atoms with E-state index >= 15 is 4.39 Å². The van der Waals surface area contributed by atoms with Crippen LogP contribution in [0.2, 0.25) is 0 Å². The van der Waals surface area contributed by atoms with Gasteiger partial charge >= 0.3 is 6.36 Å². The second kappa shape index (κ2) is 12.0. The summed E-state index contributed by atoms with van der Waals surface area (Å²) in [5.41, 5.74) is 0.242. The van der Waals surface area contributed by atoms with Gasteiger partial charge in [-0.15, -0.1) is 19.8 Å². The number of allylic oxidation sites excluding steroid dienone is 2. The van der Waals surface area contributed by atoms with E-state index in [0.29, 0.717) is 23.3 Å². The molecule has 0 N–H and O–H groups in total. The Morgan fingerprint density at radius 3 is 1.68 bits per heavy atom. The lowest BCUT2D eigenvalue weighted by Gasteiger charge is -2.13. The predicted octanol–water partition coefficient (Wildman–Crippen LogP) is 10.7. The van der Waals surface area contributed by atoms with Gasteiger partial charge in [-0.2, -0.15) is 0 Å². The third kappa shape index (κ3) is 6.82. The zero-order valence-electron chi connectivity index (χ0n) is 20.9. The van der Waals surface area contributed by atoms with Crippen LogP contribution < -0.4 is 4.74 Å². The Hall–Kier alpha value is -4.47. The third-order valence-electron chi connectivity index (χ3n) is 6.05. The first-order valence-corrected chi connectivity index (χ1v) is 12.0. The van der Waals surface area contributed by atoms with Crippen LogP contribution in [-0.4, -0.2) is 6.36 Å². The molecule has 1 nitrogen and oxygen atoms in total. The maximum Gasteiger partial charge on any atom is 0.573 e. The molecule has 0 aliphatic rings. The Morgan fingerprint density at radius 1 is 0.659 bits per heavy atom. The van der Waals surface area contributed by atoms with Gasteiger partial charge in [0.25, 0.3) is 0 Å². The number of hydrogen-bond acceptors (Lipinski definition) is 1. The quantitative estimate of drug-likeness (QED) is 0.149. The number of alkyl halides is 3. The van der Waals surface area contributed by atoms with E-state index in [2.05, 4.69) is 11.3 Å². The average Bonchev–Trinajstić information content (AvgIpc) is 2.92. The van der Waals surface area contributed by atoms with Crippen LogP contribution in [0.25, 0.3) is 39.2 Å². The van der Waals surface area contributed by atoms with Gasteiger partial charge in [0.2, 0.25) is 5.75 Å². The van der Waals surface area contributed by atoms with Crippen molar-refractivity contribution in [2.75, 3.05) is 0 Å². The first-order chi connectivity index (χ1) is 19.4. The Balaban J connectivity index is 1.58. The molecule has 4 aromatic carbocycles. The fraction of sp³-hybridized carbons (Fsp3) is 0.0968. The highest BCUT2D eigenvalue weighted by atomic mass is 19.4. The number of benzene rings is 4. The van der Waals surface area contributed by atoms with E-state index < -0.39 is 52.6 Å². The van der Waals surface area contributed by atoms with Gasteiger partial charge in [0.05, 0.1) is 0 Å². The summed E-state index contributed by atoms with van der Waals surface area (Å²) < 4.78 is 127. The van der Waals surface area contributed by atoms with E-state index in [9.17, 15) is 35.1 Å². The highest BCUT2D eigenvalue weighted by Gasteiger charge is 2.34. The first-order valence-electron chi connectivity index (χ1n) is 12.0. The van der Waals surface area contributed by atoms with Crippen molar-refractivity contribution < 1.29 is 44.3 Å². The lowest BCUT2D eigenvalue weighted by molar-refractivity contribution is -0.276. The van der Waals surface area contributed by atoms with Gasteiger partial charge in [-0.3, -0.25) is 0 Å². The summed E-state index contributed by atoms with van der Waals surface area (Å²) in [6.07, 6.45) is -3.71. The standard InChI is InChI=1S/C31H19F9O/c1-2-3-4-24(32)29(37)18-7-5-17(6-8-18)19-9-11-22(25(33)13-19)20-10-12-23(26(34)14-20)21-15-27(35)30(28(36)16-21)41-31(38,39)40/h2,5-16H,1,3-4H2. The van der Waals surface area contributed by atoms with Crippen LogP contribution in [-0.2, 0) is 0 Å². The van der Waals surface area contributed by atoms with Crippen LogP contribution in [0, 0.1) is 23.3 Å². The molecule has 0 aliphatic carbocycles. The van der Waals surface area contributed by atoms with Crippen LogP contribution in [0.1, 0.15) is 18.4 Å². The summed E-state index contributed by atoms with van der Waals surface area (Å²) in [4.78, 5) is 0. The lowest BCUT2D eigenvalue weighted by Crippen LogP contribution is -2.19. The molecule has 0 bridgehead atoms. The summed E-state index contributed by atoms with van der Waals surface area (Å²) in [7, 11) is 0. The summed E-state index contributed by atoms with van der Waals surface area (Å²) in [6.45, 7) is 3.46. The van der Waals surface area contributed by atoms with Crippen molar-refractivity contribution in [2.45, 2.75) is 19.2 Å². The predicted molar refractivity (Wildman–Crippen MR) is 138 cm³/mol. The minimum atomic E-state index is -5.33. The maximum atomic E-state index is 15.0. The third-order valence-corrected chi connectivity index (χ3v) is 6.05. The van der Waals surface area contributed by atoms with E-state index in [0.717, 1.165) is 18.2 Å². The van der Waals surface area contributed by atoms with E-state index in [1.165, 1.54) is 48.5 Å². The first kappa shape index (κ1) is 29.5. The SMILES string of the molecule is C=CCCC(F)=C(F)c1ccc(-c2ccc(-c3ccc(-c4cc(F)c(OC(F)(F)F)c(F)c4)c(F)c3)c(F)c2)cc1. The van der Waals surface area contributed by atoms with Crippen molar-refractivity contribution in [3.8, 4) is 39.1 Å². The zero-order chi connectivity index (χ0) is 29.9. The Bertz CT molecular complexity index is 1600. The molecule has 0 atom stereocenters. The topological polar surface area (TPSA) is 9.23 Å². The molecular weight excluding hydrogens is 559 g/mol. The fourth-order valence-corrected chi connectivity index (χ4v) is 4.08. The molecule has 10 heteroatoms. The largest absolute Gasteiger partial charge is 0.573 e. The maximum absolute atomic E-state index is 15.0. The second-order valence-corrected chi connectivity index (χ2v) is 8.83. The second-order valence-electron chi connectivity index (χ2n) is 8.83. The van der Waals surface area contributed by atoms with Crippen molar-refractivity contribution in [1.82, 2.24) is 0 Å². The van der Waals surface area contributed by atoms with Crippen LogP contribution in [0.5, 0.6) is 5.75 Å². The normalized spacial score (nSPS) is 12.2. The zero-order valence-corrected chi connectivity index (χ0v) is 20.9. The summed E-state index contributed by atoms with van der Waals surface area (Å²) in [5.74, 6) is -8.71. The minimum Gasteiger partial charge on any atom is -0.399 e. The van der Waals surface area contributed by atoms with Gasteiger partial charge in [-0.25, -0.2) is 26.3 Å². The van der Waals surface area contributed by atoms with Crippen molar-refractivity contribution in [2.24, 2.45) is 0 Å². The molecule has 0 aliphatic heterocycles. The average molecular weight is 578 g/mol. The number of ether oxygens (including phenoxy) is 1. The molecule has 0 radical (unpaired) electrons. The summed E-state index contributed by atoms with van der Waals surface area (Å²) >= 11 is 0. The lowest BCUT2D eigenvalue weighted by atomic mass is 9.96. The highest BCUT2D eigenvalue weighted by molar-refractivity contribution is 5.75. The molecule has 212 valence electrons. The van der Waals surface area contributed by atoms with E-state index in [4.69, 9.17) is 0 Å². The molecule has 0 fully saturated rings. The van der Waals surface area contributed by atoms with Crippen molar-refractivity contribution in [3.05, 3.63) is 120 Å². The van der Waals surface area contributed by atoms with Crippen molar-refractivity contribution in [3.63, 3.8) is 0 Å². The van der Waals surface area contributed by atoms with E-state index in [-0.39, 0.29) is 35.1 Å². The van der Waals surface area contributed by atoms with E-state index in [1.807, 2.05) is 0 Å². The molecular formula is C31H19F9O. The molecule has 0 saturated heterocycles. The summed E-state index contributed by atoms with van der Waals surface area (Å²) in [5, 5.41) is 0. The molecule has 0 spiro atoms. The highest BCUT2D eigenvalue weighted by Crippen LogP contribution is 2.36. The van der Waals surface area contributed by atoms with Crippen LogP contribution in [0.4, 0.5) is 39.5 Å². The molecule has 0 aromatic heterocycles. The Labute approximate surface area is 228 Å². The van der Waals surface area contributed by atoms with Gasteiger partial charge in [0.1, 0.15) is 17.5 Å². The van der Waals surface area contributed by atoms with Crippen molar-refractivity contribution >= 4 is 5.83 Å². The van der Waals surface area contributed by atoms with Crippen molar-refractivity contribution in [1.29, 1.82) is 0 Å². The molecule has 41 heavy (non-hydrogen) atoms. The smallest absolute Gasteiger partial charge is 0.399 e. The minimum absolute atomic E-state index is 0.0135. The number of hydrogen-bond donors (Lipinski definition) is 0. The van der Waals surface area contributed by atoms with Gasteiger partial charge in [0, 0.05) is 23.1 Å². The van der Waals surface area contributed by atoms with E-state index in [1.54, 1.807) is 0 Å². The Morgan fingerprint density at radius 2 is 1.15 bits per heavy atom. The van der Waals surface area contributed by atoms with Gasteiger partial charge < -0.3 is 4.74 Å². The fourth-order valence-electron chi connectivity index (χ4n) is 4.08. The molecule has 0 saturated carbocycles. The number of rotatable bonds is 8. The molecule has 0 unspecified atom stereocenters.